The third kappa shape index (κ3) is 4.41. The Morgan fingerprint density at radius 3 is 3.14 bits per heavy atom. The zero-order chi connectivity index (χ0) is 15.1. The van der Waals surface area contributed by atoms with Gasteiger partial charge in [-0.1, -0.05) is 6.07 Å². The molecule has 1 heterocycles. The average molecular weight is 295 g/mol. The van der Waals surface area contributed by atoms with E-state index in [9.17, 15) is 9.18 Å². The number of ether oxygens (including phenoxy) is 1. The number of methoxy groups -OCH3 is 1. The molecule has 5 nitrogen and oxygen atoms in total. The summed E-state index contributed by atoms with van der Waals surface area (Å²) in [6, 6.07) is 5.01. The topological polar surface area (TPSA) is 53.6 Å². The van der Waals surface area contributed by atoms with Crippen LogP contribution in [-0.2, 0) is 16.1 Å². The fraction of sp³-hybridized carbons (Fsp3) is 0.533. The molecule has 0 spiro atoms. The van der Waals surface area contributed by atoms with Crippen LogP contribution in [0.5, 0.6) is 0 Å². The monoisotopic (exact) mass is 295 g/mol. The molecule has 1 aliphatic heterocycles. The summed E-state index contributed by atoms with van der Waals surface area (Å²) in [5.41, 5.74) is 1.39. The lowest BCUT2D eigenvalue weighted by Crippen LogP contribution is -2.34. The predicted molar refractivity (Wildman–Crippen MR) is 79.8 cm³/mol. The zero-order valence-corrected chi connectivity index (χ0v) is 12.3. The zero-order valence-electron chi connectivity index (χ0n) is 12.3. The van der Waals surface area contributed by atoms with Crippen molar-refractivity contribution in [2.75, 3.05) is 44.8 Å². The van der Waals surface area contributed by atoms with E-state index < -0.39 is 0 Å². The number of nitrogens with zero attached hydrogens (tertiary/aromatic N) is 1. The molecule has 0 bridgehead atoms. The summed E-state index contributed by atoms with van der Waals surface area (Å²) >= 11 is 0. The number of nitrogens with one attached hydrogen (secondary N) is 2. The number of rotatable bonds is 6. The molecule has 1 aromatic carbocycles. The number of halogens is 1. The van der Waals surface area contributed by atoms with Crippen LogP contribution in [0.25, 0.3) is 0 Å². The molecule has 1 amide bonds. The molecule has 1 saturated heterocycles. The Morgan fingerprint density at radius 1 is 1.48 bits per heavy atom. The first kappa shape index (κ1) is 15.7. The predicted octanol–water partition coefficient (Wildman–Crippen LogP) is 0.888. The Hall–Kier alpha value is -1.66. The van der Waals surface area contributed by atoms with Gasteiger partial charge in [-0.2, -0.15) is 0 Å². The Balaban J connectivity index is 2.13. The lowest BCUT2D eigenvalue weighted by molar-refractivity contribution is -0.119. The first-order valence-corrected chi connectivity index (χ1v) is 7.21. The van der Waals surface area contributed by atoms with Gasteiger partial charge in [0.05, 0.1) is 13.2 Å². The van der Waals surface area contributed by atoms with Gasteiger partial charge in [0.25, 0.3) is 0 Å². The van der Waals surface area contributed by atoms with Gasteiger partial charge in [0.2, 0.25) is 5.91 Å². The molecular formula is C15H22FN3O2. The van der Waals surface area contributed by atoms with Crippen molar-refractivity contribution < 1.29 is 13.9 Å². The van der Waals surface area contributed by atoms with Crippen molar-refractivity contribution in [3.8, 4) is 0 Å². The molecule has 1 aromatic rings. The van der Waals surface area contributed by atoms with Gasteiger partial charge in [-0.3, -0.25) is 4.79 Å². The molecule has 1 aliphatic rings. The minimum Gasteiger partial charge on any atom is -0.383 e. The SMILES string of the molecule is COCCNCc1c(F)cccc1N1CCCNC(=O)C1. The van der Waals surface area contributed by atoms with Gasteiger partial charge < -0.3 is 20.3 Å². The van der Waals surface area contributed by atoms with E-state index in [1.807, 2.05) is 11.0 Å². The number of amides is 1. The van der Waals surface area contributed by atoms with Crippen molar-refractivity contribution in [1.82, 2.24) is 10.6 Å². The minimum atomic E-state index is -0.248. The van der Waals surface area contributed by atoms with E-state index >= 15 is 0 Å². The third-order valence-electron chi connectivity index (χ3n) is 3.48. The highest BCUT2D eigenvalue weighted by Gasteiger charge is 2.19. The first-order chi connectivity index (χ1) is 10.2. The first-order valence-electron chi connectivity index (χ1n) is 7.21. The molecule has 0 aromatic heterocycles. The molecule has 1 fully saturated rings. The van der Waals surface area contributed by atoms with Crippen molar-refractivity contribution in [3.63, 3.8) is 0 Å². The summed E-state index contributed by atoms with van der Waals surface area (Å²) in [6.45, 7) is 3.35. The standard InChI is InChI=1S/C15H22FN3O2/c1-21-9-7-17-10-12-13(16)4-2-5-14(12)19-8-3-6-18-15(20)11-19/h2,4-5,17H,3,6-11H2,1H3,(H,18,20). The molecule has 21 heavy (non-hydrogen) atoms. The summed E-state index contributed by atoms with van der Waals surface area (Å²) in [6.07, 6.45) is 0.860. The second-order valence-corrected chi connectivity index (χ2v) is 5.03. The van der Waals surface area contributed by atoms with Crippen molar-refractivity contribution in [3.05, 3.63) is 29.6 Å². The molecule has 0 aliphatic carbocycles. The van der Waals surface area contributed by atoms with Gasteiger partial charge in [0.1, 0.15) is 5.82 Å². The fourth-order valence-corrected chi connectivity index (χ4v) is 2.42. The fourth-order valence-electron chi connectivity index (χ4n) is 2.42. The van der Waals surface area contributed by atoms with Gasteiger partial charge >= 0.3 is 0 Å². The third-order valence-corrected chi connectivity index (χ3v) is 3.48. The molecule has 0 saturated carbocycles. The Morgan fingerprint density at radius 2 is 2.33 bits per heavy atom. The van der Waals surface area contributed by atoms with Gasteiger partial charge in [-0.15, -0.1) is 0 Å². The van der Waals surface area contributed by atoms with Crippen LogP contribution in [0.4, 0.5) is 10.1 Å². The highest BCUT2D eigenvalue weighted by Crippen LogP contribution is 2.24. The number of benzene rings is 1. The van der Waals surface area contributed by atoms with E-state index in [1.165, 1.54) is 6.07 Å². The summed E-state index contributed by atoms with van der Waals surface area (Å²) in [4.78, 5) is 13.6. The van der Waals surface area contributed by atoms with Crippen molar-refractivity contribution in [1.29, 1.82) is 0 Å². The van der Waals surface area contributed by atoms with Crippen LogP contribution >= 0.6 is 0 Å². The molecule has 0 radical (unpaired) electrons. The molecule has 6 heteroatoms. The number of hydrogen-bond acceptors (Lipinski definition) is 4. The normalized spacial score (nSPS) is 15.7. The van der Waals surface area contributed by atoms with Crippen LogP contribution in [0, 0.1) is 5.82 Å². The van der Waals surface area contributed by atoms with Crippen LogP contribution in [0.15, 0.2) is 18.2 Å². The maximum Gasteiger partial charge on any atom is 0.239 e. The summed E-state index contributed by atoms with van der Waals surface area (Å²) in [5.74, 6) is -0.267. The Bertz CT molecular complexity index is 482. The van der Waals surface area contributed by atoms with Gasteiger partial charge in [0, 0.05) is 44.5 Å². The van der Waals surface area contributed by atoms with Crippen LogP contribution in [0.1, 0.15) is 12.0 Å². The van der Waals surface area contributed by atoms with Gasteiger partial charge in [0.15, 0.2) is 0 Å². The highest BCUT2D eigenvalue weighted by atomic mass is 19.1. The summed E-state index contributed by atoms with van der Waals surface area (Å²) in [7, 11) is 1.63. The van der Waals surface area contributed by atoms with E-state index in [1.54, 1.807) is 13.2 Å². The van der Waals surface area contributed by atoms with Crippen molar-refractivity contribution in [2.24, 2.45) is 0 Å². The maximum absolute atomic E-state index is 14.1. The molecule has 0 unspecified atom stereocenters. The van der Waals surface area contributed by atoms with E-state index in [-0.39, 0.29) is 18.3 Å². The van der Waals surface area contributed by atoms with E-state index in [2.05, 4.69) is 10.6 Å². The van der Waals surface area contributed by atoms with Crippen LogP contribution in [0.3, 0.4) is 0 Å². The lowest BCUT2D eigenvalue weighted by Gasteiger charge is -2.24. The second-order valence-electron chi connectivity index (χ2n) is 5.03. The molecular weight excluding hydrogens is 273 g/mol. The summed E-state index contributed by atoms with van der Waals surface area (Å²) in [5, 5.41) is 5.99. The number of anilines is 1. The minimum absolute atomic E-state index is 0.0185. The highest BCUT2D eigenvalue weighted by molar-refractivity contribution is 5.82. The van der Waals surface area contributed by atoms with Crippen LogP contribution in [-0.4, -0.2) is 45.8 Å². The van der Waals surface area contributed by atoms with Crippen molar-refractivity contribution in [2.45, 2.75) is 13.0 Å². The van der Waals surface area contributed by atoms with Crippen LogP contribution < -0.4 is 15.5 Å². The summed E-state index contributed by atoms with van der Waals surface area (Å²) < 4.78 is 19.1. The smallest absolute Gasteiger partial charge is 0.239 e. The lowest BCUT2D eigenvalue weighted by atomic mass is 10.1. The maximum atomic E-state index is 14.1. The Kier molecular flexibility index (Phi) is 5.95. The van der Waals surface area contributed by atoms with E-state index in [0.717, 1.165) is 18.7 Å². The quantitative estimate of drug-likeness (QED) is 0.765. The molecule has 116 valence electrons. The van der Waals surface area contributed by atoms with Crippen molar-refractivity contribution >= 4 is 11.6 Å². The Labute approximate surface area is 124 Å². The molecule has 2 rings (SSSR count). The second kappa shape index (κ2) is 7.95. The number of carbonyl (C=O) groups excluding carboxylic acids is 1. The van der Waals surface area contributed by atoms with Gasteiger partial charge in [-0.05, 0) is 18.6 Å². The molecule has 0 atom stereocenters. The van der Waals surface area contributed by atoms with E-state index in [0.29, 0.717) is 31.8 Å². The largest absolute Gasteiger partial charge is 0.383 e. The number of carbonyl (C=O) groups is 1. The average Bonchev–Trinajstić information content (AvgIpc) is 2.69. The van der Waals surface area contributed by atoms with E-state index in [4.69, 9.17) is 4.74 Å². The number of hydrogen-bond donors (Lipinski definition) is 2. The van der Waals surface area contributed by atoms with Gasteiger partial charge in [-0.25, -0.2) is 4.39 Å². The molecule has 2 N–H and O–H groups in total. The van der Waals surface area contributed by atoms with Crippen LogP contribution in [0.2, 0.25) is 0 Å².